The van der Waals surface area contributed by atoms with Crippen LogP contribution in [0.4, 0.5) is 10.1 Å². The SMILES string of the molecule is CN1CC(c2ccc(O)c(O)c2)C(C(=O)c2ccc(Br)cc2F)C12C(=O)Nc1ccccc12. The molecule has 168 valence electrons. The van der Waals surface area contributed by atoms with E-state index in [2.05, 4.69) is 21.2 Å². The fraction of sp³-hybridized carbons (Fsp3) is 0.200. The Morgan fingerprint density at radius 2 is 1.88 bits per heavy atom. The van der Waals surface area contributed by atoms with Crippen LogP contribution in [0, 0.1) is 11.7 Å². The van der Waals surface area contributed by atoms with E-state index in [1.807, 2.05) is 4.90 Å². The molecular weight excluding hydrogens is 491 g/mol. The molecule has 0 aromatic heterocycles. The predicted molar refractivity (Wildman–Crippen MR) is 124 cm³/mol. The zero-order valence-electron chi connectivity index (χ0n) is 17.5. The van der Waals surface area contributed by atoms with E-state index < -0.39 is 29.0 Å². The number of carbonyl (C=O) groups is 2. The second-order valence-corrected chi connectivity index (χ2v) is 9.38. The number of phenolic OH excluding ortho intramolecular Hbond substituents is 2. The number of hydrogen-bond donors (Lipinski definition) is 3. The van der Waals surface area contributed by atoms with Gasteiger partial charge in [0.05, 0.1) is 11.5 Å². The van der Waals surface area contributed by atoms with Crippen molar-refractivity contribution in [3.05, 3.63) is 87.6 Å². The van der Waals surface area contributed by atoms with Gasteiger partial charge in [0.25, 0.3) is 0 Å². The van der Waals surface area contributed by atoms with Gasteiger partial charge in [0.15, 0.2) is 17.3 Å². The highest BCUT2D eigenvalue weighted by Gasteiger charge is 2.64. The van der Waals surface area contributed by atoms with Crippen molar-refractivity contribution < 1.29 is 24.2 Å². The van der Waals surface area contributed by atoms with E-state index in [-0.39, 0.29) is 23.0 Å². The quantitative estimate of drug-likeness (QED) is 0.359. The topological polar surface area (TPSA) is 89.9 Å². The number of halogens is 2. The number of ketones is 1. The van der Waals surface area contributed by atoms with Crippen molar-refractivity contribution in [3.8, 4) is 11.5 Å². The Balaban J connectivity index is 1.74. The van der Waals surface area contributed by atoms with Crippen molar-refractivity contribution >= 4 is 33.3 Å². The molecule has 1 amide bonds. The first-order valence-electron chi connectivity index (χ1n) is 10.4. The number of anilines is 1. The third kappa shape index (κ3) is 3.08. The Morgan fingerprint density at radius 1 is 1.12 bits per heavy atom. The zero-order valence-corrected chi connectivity index (χ0v) is 19.1. The summed E-state index contributed by atoms with van der Waals surface area (Å²) in [6, 6.07) is 15.8. The van der Waals surface area contributed by atoms with Crippen LogP contribution < -0.4 is 5.32 Å². The number of para-hydroxylation sites is 1. The lowest BCUT2D eigenvalue weighted by Gasteiger charge is -2.35. The average molecular weight is 511 g/mol. The van der Waals surface area contributed by atoms with Gasteiger partial charge in [-0.2, -0.15) is 0 Å². The van der Waals surface area contributed by atoms with E-state index in [1.165, 1.54) is 24.3 Å². The first-order valence-corrected chi connectivity index (χ1v) is 11.2. The van der Waals surface area contributed by atoms with Gasteiger partial charge in [0, 0.05) is 28.2 Å². The smallest absolute Gasteiger partial charge is 0.250 e. The Morgan fingerprint density at radius 3 is 2.61 bits per heavy atom. The summed E-state index contributed by atoms with van der Waals surface area (Å²) in [6.45, 7) is 0.306. The normalized spacial score (nSPS) is 24.2. The molecule has 0 saturated carbocycles. The molecule has 3 N–H and O–H groups in total. The van der Waals surface area contributed by atoms with Crippen LogP contribution >= 0.6 is 15.9 Å². The van der Waals surface area contributed by atoms with E-state index in [9.17, 15) is 24.2 Å². The molecule has 8 heteroatoms. The van der Waals surface area contributed by atoms with Gasteiger partial charge in [-0.05, 0) is 49.0 Å². The summed E-state index contributed by atoms with van der Waals surface area (Å²) in [5, 5.41) is 22.8. The standard InChI is InChI=1S/C25H20BrFN2O4/c1-29-12-16(13-6-9-20(30)21(31)10-13)22(23(32)15-8-7-14(26)11-18(15)27)25(29)17-4-2-3-5-19(17)28-24(25)33/h2-11,16,22,30-31H,12H2,1H3,(H,28,33). The molecule has 0 bridgehead atoms. The minimum absolute atomic E-state index is 0.108. The fourth-order valence-electron chi connectivity index (χ4n) is 5.32. The van der Waals surface area contributed by atoms with Gasteiger partial charge in [-0.15, -0.1) is 0 Å². The van der Waals surface area contributed by atoms with Crippen LogP contribution in [0.15, 0.2) is 65.1 Å². The number of benzene rings is 3. The van der Waals surface area contributed by atoms with Crippen LogP contribution in [0.3, 0.4) is 0 Å². The number of fused-ring (bicyclic) bond motifs is 2. The largest absolute Gasteiger partial charge is 0.504 e. The second kappa shape index (κ2) is 7.67. The monoisotopic (exact) mass is 510 g/mol. The molecule has 2 heterocycles. The number of hydrogen-bond acceptors (Lipinski definition) is 5. The van der Waals surface area contributed by atoms with E-state index in [0.717, 1.165) is 0 Å². The molecule has 2 aliphatic rings. The number of likely N-dealkylation sites (tertiary alicyclic amines) is 1. The summed E-state index contributed by atoms with van der Waals surface area (Å²) in [7, 11) is 1.76. The van der Waals surface area contributed by atoms with E-state index >= 15 is 0 Å². The molecule has 3 unspecified atom stereocenters. The summed E-state index contributed by atoms with van der Waals surface area (Å²) in [6.07, 6.45) is 0. The highest BCUT2D eigenvalue weighted by molar-refractivity contribution is 9.10. The van der Waals surface area contributed by atoms with Crippen molar-refractivity contribution in [2.45, 2.75) is 11.5 Å². The van der Waals surface area contributed by atoms with E-state index in [1.54, 1.807) is 43.4 Å². The second-order valence-electron chi connectivity index (χ2n) is 8.47. The van der Waals surface area contributed by atoms with Gasteiger partial charge in [0.2, 0.25) is 5.91 Å². The maximum Gasteiger partial charge on any atom is 0.250 e. The first-order chi connectivity index (χ1) is 15.7. The van der Waals surface area contributed by atoms with Crippen molar-refractivity contribution in [1.82, 2.24) is 4.90 Å². The molecule has 0 radical (unpaired) electrons. The van der Waals surface area contributed by atoms with Gasteiger partial charge in [-0.1, -0.05) is 40.2 Å². The van der Waals surface area contributed by atoms with Gasteiger partial charge >= 0.3 is 0 Å². The minimum Gasteiger partial charge on any atom is -0.504 e. The Bertz CT molecular complexity index is 1310. The van der Waals surface area contributed by atoms with Crippen molar-refractivity contribution in [1.29, 1.82) is 0 Å². The molecule has 6 nitrogen and oxygen atoms in total. The number of aromatic hydroxyl groups is 2. The summed E-state index contributed by atoms with van der Waals surface area (Å²) in [5.41, 5.74) is 0.368. The third-order valence-corrected chi connectivity index (χ3v) is 7.26. The lowest BCUT2D eigenvalue weighted by Crippen LogP contribution is -2.51. The number of nitrogens with one attached hydrogen (secondary N) is 1. The summed E-state index contributed by atoms with van der Waals surface area (Å²) in [4.78, 5) is 29.4. The number of Topliss-reactive ketones (excluding diaryl/α,β-unsaturated/α-hetero) is 1. The maximum atomic E-state index is 14.9. The number of likely N-dealkylation sites (N-methyl/N-ethyl adjacent to an activating group) is 1. The molecule has 1 saturated heterocycles. The molecule has 3 atom stereocenters. The zero-order chi connectivity index (χ0) is 23.5. The fourth-order valence-corrected chi connectivity index (χ4v) is 5.66. The minimum atomic E-state index is -1.36. The van der Waals surface area contributed by atoms with Crippen LogP contribution in [-0.2, 0) is 10.3 Å². The van der Waals surface area contributed by atoms with Crippen LogP contribution in [0.2, 0.25) is 0 Å². The lowest BCUT2D eigenvalue weighted by atomic mass is 9.70. The highest BCUT2D eigenvalue weighted by Crippen LogP contribution is 2.56. The van der Waals surface area contributed by atoms with Gasteiger partial charge in [-0.25, -0.2) is 4.39 Å². The number of rotatable bonds is 3. The van der Waals surface area contributed by atoms with Crippen molar-refractivity contribution in [2.24, 2.45) is 5.92 Å². The van der Waals surface area contributed by atoms with Gasteiger partial charge < -0.3 is 15.5 Å². The maximum absolute atomic E-state index is 14.9. The molecule has 1 fully saturated rings. The number of nitrogens with zero attached hydrogens (tertiary/aromatic N) is 1. The van der Waals surface area contributed by atoms with Gasteiger partial charge in [-0.3, -0.25) is 14.5 Å². The molecule has 2 aliphatic heterocycles. The Kier molecular flexibility index (Phi) is 5.02. The third-order valence-electron chi connectivity index (χ3n) is 6.76. The molecule has 33 heavy (non-hydrogen) atoms. The lowest BCUT2D eigenvalue weighted by molar-refractivity contribution is -0.126. The van der Waals surface area contributed by atoms with Crippen molar-refractivity contribution in [2.75, 3.05) is 18.9 Å². The van der Waals surface area contributed by atoms with Crippen LogP contribution in [0.1, 0.15) is 27.4 Å². The predicted octanol–water partition coefficient (Wildman–Crippen LogP) is 4.38. The summed E-state index contributed by atoms with van der Waals surface area (Å²) in [5.74, 6) is -3.68. The number of phenols is 2. The average Bonchev–Trinajstić information content (AvgIpc) is 3.25. The first kappa shape index (κ1) is 21.6. The Hall–Kier alpha value is -3.23. The van der Waals surface area contributed by atoms with E-state index in [4.69, 9.17) is 0 Å². The highest BCUT2D eigenvalue weighted by atomic mass is 79.9. The molecule has 3 aromatic rings. The van der Waals surface area contributed by atoms with E-state index in [0.29, 0.717) is 27.8 Å². The number of amides is 1. The molecular formula is C25H20BrFN2O4. The van der Waals surface area contributed by atoms with Gasteiger partial charge in [0.1, 0.15) is 11.4 Å². The van der Waals surface area contributed by atoms with Crippen molar-refractivity contribution in [3.63, 3.8) is 0 Å². The van der Waals surface area contributed by atoms with Crippen LogP contribution in [0.5, 0.6) is 11.5 Å². The molecule has 1 spiro atoms. The summed E-state index contributed by atoms with van der Waals surface area (Å²) >= 11 is 3.22. The summed E-state index contributed by atoms with van der Waals surface area (Å²) < 4.78 is 15.4. The molecule has 3 aromatic carbocycles. The molecule has 0 aliphatic carbocycles. The van der Waals surface area contributed by atoms with Crippen LogP contribution in [-0.4, -0.2) is 40.4 Å². The Labute approximate surface area is 197 Å². The molecule has 5 rings (SSSR count). The van der Waals surface area contributed by atoms with Crippen LogP contribution in [0.25, 0.3) is 0 Å². The number of carbonyl (C=O) groups excluding carboxylic acids is 2.